The van der Waals surface area contributed by atoms with Gasteiger partial charge in [0.1, 0.15) is 6.10 Å². The van der Waals surface area contributed by atoms with Gasteiger partial charge in [-0.3, -0.25) is 9.59 Å². The molecule has 4 nitrogen and oxygen atoms in total. The molecule has 4 heteroatoms. The largest absolute Gasteiger partial charge is 0.481 e. The van der Waals surface area contributed by atoms with Crippen LogP contribution in [0.3, 0.4) is 0 Å². The Kier molecular flexibility index (Phi) is 38.5. The zero-order chi connectivity index (χ0) is 34.3. The Morgan fingerprint density at radius 3 is 0.936 bits per heavy atom. The summed E-state index contributed by atoms with van der Waals surface area (Å²) in [6, 6.07) is 0. The molecule has 1 unspecified atom stereocenters. The Labute approximate surface area is 294 Å². The molecule has 280 valence electrons. The van der Waals surface area contributed by atoms with Gasteiger partial charge < -0.3 is 9.84 Å². The Balaban J connectivity index is 3.66. The minimum Gasteiger partial charge on any atom is -0.481 e. The van der Waals surface area contributed by atoms with E-state index in [9.17, 15) is 9.59 Å². The molecule has 1 N–H and O–H groups in total. The van der Waals surface area contributed by atoms with Crippen molar-refractivity contribution in [1.82, 2.24) is 0 Å². The Morgan fingerprint density at radius 1 is 0.383 bits per heavy atom. The Morgan fingerprint density at radius 2 is 0.638 bits per heavy atom. The predicted octanol–water partition coefficient (Wildman–Crippen LogP) is 14.8. The molecular formula is C43H84O4. The number of carbonyl (C=O) groups excluding carboxylic acids is 1. The van der Waals surface area contributed by atoms with E-state index in [1.54, 1.807) is 0 Å². The summed E-state index contributed by atoms with van der Waals surface area (Å²) in [4.78, 5) is 23.3. The summed E-state index contributed by atoms with van der Waals surface area (Å²) in [7, 11) is 0. The lowest BCUT2D eigenvalue weighted by Crippen LogP contribution is -2.18. The number of hydrogen-bond acceptors (Lipinski definition) is 3. The lowest BCUT2D eigenvalue weighted by molar-refractivity contribution is -0.150. The summed E-state index contributed by atoms with van der Waals surface area (Å²) in [6.07, 6.45) is 47.3. The highest BCUT2D eigenvalue weighted by Gasteiger charge is 2.14. The van der Waals surface area contributed by atoms with Crippen molar-refractivity contribution in [2.45, 2.75) is 264 Å². The monoisotopic (exact) mass is 665 g/mol. The minimum absolute atomic E-state index is 0.00550. The van der Waals surface area contributed by atoms with E-state index in [2.05, 4.69) is 13.8 Å². The van der Waals surface area contributed by atoms with Crippen LogP contribution in [0.4, 0.5) is 0 Å². The summed E-state index contributed by atoms with van der Waals surface area (Å²) in [5.74, 6) is -0.692. The third-order valence-electron chi connectivity index (χ3n) is 10.1. The van der Waals surface area contributed by atoms with Gasteiger partial charge in [0.05, 0.1) is 0 Å². The number of carboxylic acid groups (broad SMARTS) is 1. The zero-order valence-corrected chi connectivity index (χ0v) is 32.1. The van der Waals surface area contributed by atoms with Crippen molar-refractivity contribution in [3.8, 4) is 0 Å². The average molecular weight is 665 g/mol. The maximum atomic E-state index is 12.6. The number of unbranched alkanes of at least 4 members (excludes halogenated alkanes) is 31. The number of ether oxygens (including phenoxy) is 1. The molecule has 0 aliphatic carbocycles. The van der Waals surface area contributed by atoms with Gasteiger partial charge in [0.15, 0.2) is 0 Å². The van der Waals surface area contributed by atoms with Crippen LogP contribution in [0.1, 0.15) is 258 Å². The highest BCUT2D eigenvalue weighted by Crippen LogP contribution is 2.19. The second-order valence-electron chi connectivity index (χ2n) is 14.9. The highest BCUT2D eigenvalue weighted by molar-refractivity contribution is 5.69. The molecule has 0 aliphatic heterocycles. The smallest absolute Gasteiger partial charge is 0.306 e. The standard InChI is InChI=1S/C43H84O4/c1-3-5-7-9-11-12-13-14-15-16-17-18-19-20-21-22-23-24-25-26-27-32-36-40-43(46)47-41(37-33-29-10-8-6-4-2)38-34-30-28-31-35-39-42(44)45/h41H,3-40H2,1-2H3,(H,44,45). The second-order valence-corrected chi connectivity index (χ2v) is 14.9. The van der Waals surface area contributed by atoms with Crippen LogP contribution in [-0.2, 0) is 14.3 Å². The fraction of sp³-hybridized carbons (Fsp3) is 0.953. The van der Waals surface area contributed by atoms with Gasteiger partial charge in [0.2, 0.25) is 0 Å². The van der Waals surface area contributed by atoms with Crippen molar-refractivity contribution in [2.24, 2.45) is 0 Å². The molecule has 0 bridgehead atoms. The number of esters is 1. The van der Waals surface area contributed by atoms with E-state index < -0.39 is 5.97 Å². The molecule has 0 fully saturated rings. The second kappa shape index (κ2) is 39.4. The zero-order valence-electron chi connectivity index (χ0n) is 32.1. The van der Waals surface area contributed by atoms with Gasteiger partial charge in [-0.05, 0) is 38.5 Å². The fourth-order valence-corrected chi connectivity index (χ4v) is 6.89. The topological polar surface area (TPSA) is 63.6 Å². The number of carbonyl (C=O) groups is 2. The summed E-state index contributed by atoms with van der Waals surface area (Å²) in [6.45, 7) is 4.55. The van der Waals surface area contributed by atoms with E-state index in [-0.39, 0.29) is 18.5 Å². The first kappa shape index (κ1) is 45.9. The van der Waals surface area contributed by atoms with Crippen LogP contribution in [-0.4, -0.2) is 23.1 Å². The molecule has 1 atom stereocenters. The molecule has 0 spiro atoms. The number of aliphatic carboxylic acids is 1. The Hall–Kier alpha value is -1.06. The first-order chi connectivity index (χ1) is 23.1. The van der Waals surface area contributed by atoms with Crippen LogP contribution in [0.15, 0.2) is 0 Å². The third-order valence-corrected chi connectivity index (χ3v) is 10.1. The van der Waals surface area contributed by atoms with Crippen molar-refractivity contribution in [3.63, 3.8) is 0 Å². The summed E-state index contributed by atoms with van der Waals surface area (Å²) >= 11 is 0. The fourth-order valence-electron chi connectivity index (χ4n) is 6.89. The molecule has 0 saturated heterocycles. The first-order valence-electron chi connectivity index (χ1n) is 21.5. The van der Waals surface area contributed by atoms with Gasteiger partial charge in [-0.1, -0.05) is 206 Å². The van der Waals surface area contributed by atoms with E-state index in [0.717, 1.165) is 64.2 Å². The number of hydrogen-bond donors (Lipinski definition) is 1. The van der Waals surface area contributed by atoms with Crippen LogP contribution in [0.25, 0.3) is 0 Å². The van der Waals surface area contributed by atoms with E-state index in [1.807, 2.05) is 0 Å². The summed E-state index contributed by atoms with van der Waals surface area (Å²) in [5, 5.41) is 8.79. The van der Waals surface area contributed by atoms with E-state index in [1.165, 1.54) is 167 Å². The molecule has 0 heterocycles. The summed E-state index contributed by atoms with van der Waals surface area (Å²) < 4.78 is 5.97. The van der Waals surface area contributed by atoms with Crippen molar-refractivity contribution in [2.75, 3.05) is 0 Å². The van der Waals surface area contributed by atoms with E-state index in [4.69, 9.17) is 9.84 Å². The Bertz CT molecular complexity index is 633. The normalized spacial score (nSPS) is 12.0. The van der Waals surface area contributed by atoms with Crippen LogP contribution in [0.2, 0.25) is 0 Å². The lowest BCUT2D eigenvalue weighted by atomic mass is 10.0. The van der Waals surface area contributed by atoms with Gasteiger partial charge in [-0.2, -0.15) is 0 Å². The van der Waals surface area contributed by atoms with Crippen molar-refractivity contribution >= 4 is 11.9 Å². The lowest BCUT2D eigenvalue weighted by Gasteiger charge is -2.18. The minimum atomic E-state index is -0.698. The SMILES string of the molecule is CCCCCCCCCCCCCCCCCCCCCCCCCC(=O)OC(CCCCCCCC)CCCCCCCC(=O)O. The molecule has 0 aromatic heterocycles. The molecule has 0 saturated carbocycles. The summed E-state index contributed by atoms with van der Waals surface area (Å²) in [5.41, 5.74) is 0. The van der Waals surface area contributed by atoms with Gasteiger partial charge >= 0.3 is 11.9 Å². The van der Waals surface area contributed by atoms with E-state index in [0.29, 0.717) is 6.42 Å². The van der Waals surface area contributed by atoms with E-state index >= 15 is 0 Å². The van der Waals surface area contributed by atoms with Crippen LogP contribution < -0.4 is 0 Å². The first-order valence-corrected chi connectivity index (χ1v) is 21.5. The molecule has 47 heavy (non-hydrogen) atoms. The predicted molar refractivity (Wildman–Crippen MR) is 204 cm³/mol. The van der Waals surface area contributed by atoms with Gasteiger partial charge in [0.25, 0.3) is 0 Å². The average Bonchev–Trinajstić information content (AvgIpc) is 3.05. The van der Waals surface area contributed by atoms with Gasteiger partial charge in [0, 0.05) is 12.8 Å². The van der Waals surface area contributed by atoms with Crippen molar-refractivity contribution < 1.29 is 19.4 Å². The van der Waals surface area contributed by atoms with Crippen LogP contribution >= 0.6 is 0 Å². The van der Waals surface area contributed by atoms with Gasteiger partial charge in [-0.25, -0.2) is 0 Å². The molecule has 0 radical (unpaired) electrons. The maximum absolute atomic E-state index is 12.6. The van der Waals surface area contributed by atoms with Crippen LogP contribution in [0.5, 0.6) is 0 Å². The van der Waals surface area contributed by atoms with Gasteiger partial charge in [-0.15, -0.1) is 0 Å². The maximum Gasteiger partial charge on any atom is 0.306 e. The molecule has 0 rings (SSSR count). The molecule has 0 aromatic carbocycles. The number of carboxylic acids is 1. The molecular weight excluding hydrogens is 580 g/mol. The van der Waals surface area contributed by atoms with Crippen LogP contribution in [0, 0.1) is 0 Å². The molecule has 0 amide bonds. The molecule has 0 aliphatic rings. The number of rotatable bonds is 40. The molecule has 0 aromatic rings. The van der Waals surface area contributed by atoms with Crippen molar-refractivity contribution in [1.29, 1.82) is 0 Å². The highest BCUT2D eigenvalue weighted by atomic mass is 16.5. The van der Waals surface area contributed by atoms with Crippen molar-refractivity contribution in [3.05, 3.63) is 0 Å². The quantitative estimate of drug-likeness (QED) is 0.0523. The third kappa shape index (κ3) is 39.3.